The van der Waals surface area contributed by atoms with Crippen LogP contribution in [-0.4, -0.2) is 0 Å². The molecule has 0 bridgehead atoms. The topological polar surface area (TPSA) is 6.48 Å². The lowest BCUT2D eigenvalue weighted by molar-refractivity contribution is 0.632. The van der Waals surface area contributed by atoms with Crippen molar-refractivity contribution in [2.24, 2.45) is 0 Å². The summed E-state index contributed by atoms with van der Waals surface area (Å²) < 4.78 is 0. The minimum atomic E-state index is -0.351. The van der Waals surface area contributed by atoms with E-state index in [1.165, 1.54) is 82.8 Å². The molecular weight excluding hydrogens is 713 g/mol. The fourth-order valence-corrected chi connectivity index (χ4v) is 9.67. The number of benzene rings is 10. The van der Waals surface area contributed by atoms with Crippen molar-refractivity contribution < 1.29 is 0 Å². The molecule has 0 spiro atoms. The predicted octanol–water partition coefficient (Wildman–Crippen LogP) is 16.1. The standard InChI is InChI=1S/C57H42N2/c1-57(2)51-28-15-16-29-52(51)59(56-46-25-12-9-20-41(46)34-37-49(56)50-38-42-21-10-11-24-45(42)47-26-13-14-27-48(47)50)54-31-17-30-53(55(54)57)58(43-22-7-4-8-23-43)44-35-32-40(33-36-44)39-18-5-3-6-19-39/h3-38H,1-2H3. The van der Waals surface area contributed by atoms with E-state index in [9.17, 15) is 0 Å². The van der Waals surface area contributed by atoms with Gasteiger partial charge in [0, 0.05) is 33.3 Å². The van der Waals surface area contributed by atoms with Gasteiger partial charge in [-0.1, -0.05) is 184 Å². The average molecular weight is 755 g/mol. The zero-order chi connectivity index (χ0) is 39.5. The Labute approximate surface area is 345 Å². The molecule has 10 aromatic rings. The second-order valence-corrected chi connectivity index (χ2v) is 16.1. The van der Waals surface area contributed by atoms with Crippen molar-refractivity contribution in [1.29, 1.82) is 0 Å². The normalized spacial score (nSPS) is 13.0. The monoisotopic (exact) mass is 754 g/mol. The molecule has 2 nitrogen and oxygen atoms in total. The first-order valence-corrected chi connectivity index (χ1v) is 20.5. The van der Waals surface area contributed by atoms with E-state index >= 15 is 0 Å². The highest BCUT2D eigenvalue weighted by molar-refractivity contribution is 6.17. The maximum Gasteiger partial charge on any atom is 0.0618 e. The van der Waals surface area contributed by atoms with Gasteiger partial charge in [-0.05, 0) is 97.7 Å². The van der Waals surface area contributed by atoms with Crippen LogP contribution >= 0.6 is 0 Å². The van der Waals surface area contributed by atoms with Gasteiger partial charge in [0.15, 0.2) is 0 Å². The van der Waals surface area contributed by atoms with E-state index in [4.69, 9.17) is 0 Å². The molecule has 0 amide bonds. The van der Waals surface area contributed by atoms with Crippen LogP contribution in [0.1, 0.15) is 25.0 Å². The van der Waals surface area contributed by atoms with E-state index in [1.807, 2.05) is 0 Å². The third-order valence-electron chi connectivity index (χ3n) is 12.4. The molecule has 59 heavy (non-hydrogen) atoms. The number of rotatable bonds is 6. The number of anilines is 6. The number of hydrogen-bond acceptors (Lipinski definition) is 2. The highest BCUT2D eigenvalue weighted by atomic mass is 15.2. The van der Waals surface area contributed by atoms with Crippen LogP contribution in [0.5, 0.6) is 0 Å². The van der Waals surface area contributed by atoms with E-state index in [0.717, 1.165) is 17.1 Å². The van der Waals surface area contributed by atoms with Gasteiger partial charge in [-0.25, -0.2) is 0 Å². The summed E-state index contributed by atoms with van der Waals surface area (Å²) in [6, 6.07) is 80.0. The highest BCUT2D eigenvalue weighted by Crippen LogP contribution is 2.58. The molecule has 0 unspecified atom stereocenters. The van der Waals surface area contributed by atoms with Gasteiger partial charge in [-0.3, -0.25) is 0 Å². The van der Waals surface area contributed by atoms with Gasteiger partial charge >= 0.3 is 0 Å². The van der Waals surface area contributed by atoms with E-state index in [0.29, 0.717) is 0 Å². The molecule has 0 aromatic heterocycles. The van der Waals surface area contributed by atoms with Gasteiger partial charge in [0.1, 0.15) is 0 Å². The fourth-order valence-electron chi connectivity index (χ4n) is 9.67. The molecule has 0 N–H and O–H groups in total. The molecule has 0 fully saturated rings. The Kier molecular flexibility index (Phi) is 8.20. The first kappa shape index (κ1) is 34.8. The summed E-state index contributed by atoms with van der Waals surface area (Å²) in [5.74, 6) is 0. The van der Waals surface area contributed by atoms with Crippen LogP contribution in [0.2, 0.25) is 0 Å². The van der Waals surface area contributed by atoms with Crippen molar-refractivity contribution in [1.82, 2.24) is 0 Å². The SMILES string of the molecule is CC1(C)c2ccccc2N(c2c(-c3cc4ccccc4c4ccccc34)ccc3ccccc23)c2cccc(N(c3ccccc3)c3ccc(-c4ccccc4)cc3)c21. The number of para-hydroxylation sites is 2. The van der Waals surface area contributed by atoms with Crippen molar-refractivity contribution in [2.45, 2.75) is 19.3 Å². The largest absolute Gasteiger partial charge is 0.310 e. The van der Waals surface area contributed by atoms with Crippen molar-refractivity contribution >= 4 is 66.4 Å². The second-order valence-electron chi connectivity index (χ2n) is 16.1. The van der Waals surface area contributed by atoms with Crippen LogP contribution in [0.3, 0.4) is 0 Å². The fraction of sp³-hybridized carbons (Fsp3) is 0.0526. The van der Waals surface area contributed by atoms with Crippen molar-refractivity contribution in [3.05, 3.63) is 230 Å². The smallest absolute Gasteiger partial charge is 0.0618 e. The average Bonchev–Trinajstić information content (AvgIpc) is 3.30. The van der Waals surface area contributed by atoms with Crippen LogP contribution in [0.25, 0.3) is 54.6 Å². The molecule has 0 atom stereocenters. The highest BCUT2D eigenvalue weighted by Gasteiger charge is 2.41. The lowest BCUT2D eigenvalue weighted by Gasteiger charge is -2.45. The summed E-state index contributed by atoms with van der Waals surface area (Å²) in [5, 5.41) is 7.44. The van der Waals surface area contributed by atoms with Crippen LogP contribution in [0.15, 0.2) is 218 Å². The summed E-state index contributed by atoms with van der Waals surface area (Å²) >= 11 is 0. The minimum absolute atomic E-state index is 0.351. The molecule has 0 saturated heterocycles. The van der Waals surface area contributed by atoms with Gasteiger partial charge in [0.2, 0.25) is 0 Å². The number of hydrogen-bond donors (Lipinski definition) is 0. The molecular formula is C57H42N2. The lowest BCUT2D eigenvalue weighted by Crippen LogP contribution is -2.32. The molecule has 1 heterocycles. The van der Waals surface area contributed by atoms with Gasteiger partial charge < -0.3 is 9.80 Å². The number of fused-ring (bicyclic) bond motifs is 6. The molecule has 11 rings (SSSR count). The summed E-state index contributed by atoms with van der Waals surface area (Å²) in [4.78, 5) is 5.02. The third kappa shape index (κ3) is 5.63. The predicted molar refractivity (Wildman–Crippen MR) is 251 cm³/mol. The van der Waals surface area contributed by atoms with E-state index in [2.05, 4.69) is 242 Å². The first-order chi connectivity index (χ1) is 29.1. The van der Waals surface area contributed by atoms with E-state index in [-0.39, 0.29) is 5.41 Å². The lowest BCUT2D eigenvalue weighted by atomic mass is 9.72. The van der Waals surface area contributed by atoms with Crippen LogP contribution < -0.4 is 9.80 Å². The van der Waals surface area contributed by atoms with Crippen LogP contribution in [0, 0.1) is 0 Å². The van der Waals surface area contributed by atoms with E-state index < -0.39 is 0 Å². The van der Waals surface area contributed by atoms with Crippen LogP contribution in [0.4, 0.5) is 34.1 Å². The van der Waals surface area contributed by atoms with Gasteiger partial charge in [0.05, 0.1) is 22.7 Å². The Balaban J connectivity index is 1.21. The summed E-state index contributed by atoms with van der Waals surface area (Å²) in [5.41, 5.74) is 14.0. The third-order valence-corrected chi connectivity index (χ3v) is 12.4. The van der Waals surface area contributed by atoms with Crippen LogP contribution in [-0.2, 0) is 5.41 Å². The Hall–Kier alpha value is -7.42. The molecule has 0 saturated carbocycles. The van der Waals surface area contributed by atoms with Crippen molar-refractivity contribution in [3.63, 3.8) is 0 Å². The van der Waals surface area contributed by atoms with Crippen molar-refractivity contribution in [2.75, 3.05) is 9.80 Å². The molecule has 1 aliphatic rings. The Bertz CT molecular complexity index is 3180. The summed E-state index contributed by atoms with van der Waals surface area (Å²) in [6.07, 6.45) is 0. The number of nitrogens with zero attached hydrogens (tertiary/aromatic N) is 2. The van der Waals surface area contributed by atoms with Gasteiger partial charge in [-0.15, -0.1) is 0 Å². The van der Waals surface area contributed by atoms with E-state index in [1.54, 1.807) is 0 Å². The molecule has 280 valence electrons. The minimum Gasteiger partial charge on any atom is -0.310 e. The molecule has 0 radical (unpaired) electrons. The van der Waals surface area contributed by atoms with Crippen molar-refractivity contribution in [3.8, 4) is 22.3 Å². The first-order valence-electron chi connectivity index (χ1n) is 20.5. The summed E-state index contributed by atoms with van der Waals surface area (Å²) in [7, 11) is 0. The second kappa shape index (κ2) is 13.9. The molecule has 2 heteroatoms. The molecule has 1 aliphatic heterocycles. The maximum atomic E-state index is 2.57. The molecule has 0 aliphatic carbocycles. The Morgan fingerprint density at radius 3 is 1.75 bits per heavy atom. The quantitative estimate of drug-likeness (QED) is 0.156. The zero-order valence-electron chi connectivity index (χ0n) is 33.2. The maximum absolute atomic E-state index is 2.57. The molecule has 10 aromatic carbocycles. The van der Waals surface area contributed by atoms with Gasteiger partial charge in [-0.2, -0.15) is 0 Å². The Morgan fingerprint density at radius 2 is 0.966 bits per heavy atom. The summed E-state index contributed by atoms with van der Waals surface area (Å²) in [6.45, 7) is 4.79. The zero-order valence-corrected chi connectivity index (χ0v) is 33.2. The Morgan fingerprint density at radius 1 is 0.390 bits per heavy atom. The van der Waals surface area contributed by atoms with Gasteiger partial charge in [0.25, 0.3) is 0 Å².